The lowest BCUT2D eigenvalue weighted by Crippen LogP contribution is -2.43. The molecule has 7 nitrogen and oxygen atoms in total. The van der Waals surface area contributed by atoms with Crippen molar-refractivity contribution in [2.75, 3.05) is 6.54 Å². The summed E-state index contributed by atoms with van der Waals surface area (Å²) in [7, 11) is 0. The van der Waals surface area contributed by atoms with Crippen LogP contribution in [0.1, 0.15) is 31.2 Å². The molecule has 2 atom stereocenters. The van der Waals surface area contributed by atoms with Gasteiger partial charge in [0.25, 0.3) is 5.91 Å². The lowest BCUT2D eigenvalue weighted by Gasteiger charge is -2.22. The van der Waals surface area contributed by atoms with Crippen LogP contribution in [0, 0.1) is 0 Å². The molecule has 1 saturated heterocycles. The Kier molecular flexibility index (Phi) is 4.99. The second-order valence-electron chi connectivity index (χ2n) is 7.43. The number of imide groups is 1. The highest BCUT2D eigenvalue weighted by molar-refractivity contribution is 6.30. The van der Waals surface area contributed by atoms with E-state index in [9.17, 15) is 14.4 Å². The van der Waals surface area contributed by atoms with E-state index in [-0.39, 0.29) is 0 Å². The summed E-state index contributed by atoms with van der Waals surface area (Å²) in [5, 5.41) is 6.90. The maximum atomic E-state index is 12.9. The Morgan fingerprint density at radius 1 is 1.20 bits per heavy atom. The van der Waals surface area contributed by atoms with Crippen LogP contribution in [-0.4, -0.2) is 29.3 Å². The van der Waals surface area contributed by atoms with Gasteiger partial charge < -0.3 is 15.1 Å². The lowest BCUT2D eigenvalue weighted by molar-refractivity contribution is -0.135. The highest BCUT2D eigenvalue weighted by Crippen LogP contribution is 2.29. The van der Waals surface area contributed by atoms with Gasteiger partial charge >= 0.3 is 6.03 Å². The van der Waals surface area contributed by atoms with Gasteiger partial charge in [-0.15, -0.1) is 0 Å². The Bertz CT molecular complexity index is 1110. The summed E-state index contributed by atoms with van der Waals surface area (Å²) in [6.45, 7) is 2.99. The molecule has 4 amide bonds. The molecule has 4 rings (SSSR count). The molecule has 0 radical (unpaired) electrons. The first-order chi connectivity index (χ1) is 14.3. The van der Waals surface area contributed by atoms with Crippen LogP contribution in [0.3, 0.4) is 0 Å². The summed E-state index contributed by atoms with van der Waals surface area (Å²) in [6.07, 6.45) is 0. The molecule has 1 aliphatic rings. The first-order valence-electron chi connectivity index (χ1n) is 9.46. The van der Waals surface area contributed by atoms with Crippen molar-refractivity contribution in [3.05, 3.63) is 70.9 Å². The maximum Gasteiger partial charge on any atom is 0.325 e. The number of urea groups is 1. The molecule has 3 aromatic rings. The van der Waals surface area contributed by atoms with Crippen molar-refractivity contribution in [3.8, 4) is 0 Å². The van der Waals surface area contributed by atoms with Gasteiger partial charge in [0.05, 0.1) is 6.04 Å². The maximum absolute atomic E-state index is 12.9. The summed E-state index contributed by atoms with van der Waals surface area (Å²) in [4.78, 5) is 38.8. The number of halogens is 1. The minimum absolute atomic E-state index is 0.390. The Morgan fingerprint density at radius 2 is 1.90 bits per heavy atom. The zero-order chi connectivity index (χ0) is 21.5. The Morgan fingerprint density at radius 3 is 2.60 bits per heavy atom. The largest absolute Gasteiger partial charge is 0.459 e. The topological polar surface area (TPSA) is 91.7 Å². The fraction of sp³-hybridized carbons (Fsp3) is 0.227. The predicted octanol–water partition coefficient (Wildman–Crippen LogP) is 3.73. The van der Waals surface area contributed by atoms with Crippen molar-refractivity contribution in [2.45, 2.75) is 25.4 Å². The molecular weight excluding hydrogens is 406 g/mol. The number of nitrogens with zero attached hydrogens (tertiary/aromatic N) is 1. The van der Waals surface area contributed by atoms with Crippen molar-refractivity contribution in [3.63, 3.8) is 0 Å². The molecule has 2 aromatic carbocycles. The number of hydrogen-bond donors (Lipinski definition) is 2. The molecule has 2 N–H and O–H groups in total. The van der Waals surface area contributed by atoms with Crippen LogP contribution in [0.15, 0.2) is 59.0 Å². The normalized spacial score (nSPS) is 19.8. The number of benzene rings is 2. The number of carbonyl (C=O) groups excluding carboxylic acids is 3. The van der Waals surface area contributed by atoms with E-state index in [1.807, 2.05) is 30.3 Å². The molecule has 0 bridgehead atoms. The second kappa shape index (κ2) is 7.50. The average Bonchev–Trinajstić information content (AvgIpc) is 3.24. The van der Waals surface area contributed by atoms with E-state index in [1.54, 1.807) is 38.1 Å². The summed E-state index contributed by atoms with van der Waals surface area (Å²) >= 11 is 5.91. The molecule has 8 heteroatoms. The van der Waals surface area contributed by atoms with E-state index in [1.165, 1.54) is 0 Å². The third-order valence-corrected chi connectivity index (χ3v) is 5.50. The minimum Gasteiger partial charge on any atom is -0.459 e. The van der Waals surface area contributed by atoms with Crippen molar-refractivity contribution in [1.29, 1.82) is 0 Å². The van der Waals surface area contributed by atoms with Crippen LogP contribution in [0.2, 0.25) is 5.02 Å². The number of para-hydroxylation sites is 1. The monoisotopic (exact) mass is 425 g/mol. The number of furan rings is 1. The quantitative estimate of drug-likeness (QED) is 0.609. The highest BCUT2D eigenvalue weighted by Gasteiger charge is 2.49. The summed E-state index contributed by atoms with van der Waals surface area (Å²) in [6, 6.07) is 15.0. The molecule has 1 aromatic heterocycles. The third kappa shape index (κ3) is 3.52. The van der Waals surface area contributed by atoms with Crippen LogP contribution in [-0.2, 0) is 15.1 Å². The van der Waals surface area contributed by atoms with E-state index in [0.717, 1.165) is 15.9 Å². The fourth-order valence-corrected chi connectivity index (χ4v) is 3.66. The van der Waals surface area contributed by atoms with Gasteiger partial charge in [-0.2, -0.15) is 0 Å². The predicted molar refractivity (Wildman–Crippen MR) is 112 cm³/mol. The zero-order valence-electron chi connectivity index (χ0n) is 16.4. The second-order valence-corrected chi connectivity index (χ2v) is 7.87. The number of fused-ring (bicyclic) bond motifs is 1. The first-order valence-corrected chi connectivity index (χ1v) is 9.84. The Labute approximate surface area is 178 Å². The molecule has 0 unspecified atom stereocenters. The van der Waals surface area contributed by atoms with Crippen LogP contribution in [0.4, 0.5) is 4.79 Å². The standard InChI is InChI=1S/C22H20ClN3O4/c1-13(18-11-14-5-3-4-6-17(14)30-18)24-19(27)12-26-20(28)22(2,25-21(26)29)15-7-9-16(23)10-8-15/h3-11,13H,12H2,1-2H3,(H,24,27)(H,25,29)/t13-,22+/m1/s1. The Hall–Kier alpha value is -3.32. The van der Waals surface area contributed by atoms with Crippen LogP contribution in [0.25, 0.3) is 11.0 Å². The molecule has 0 aliphatic carbocycles. The molecule has 1 aliphatic heterocycles. The van der Waals surface area contributed by atoms with E-state index >= 15 is 0 Å². The number of hydrogen-bond acceptors (Lipinski definition) is 4. The summed E-state index contributed by atoms with van der Waals surface area (Å²) in [5.74, 6) is -0.374. The van der Waals surface area contributed by atoms with Crippen LogP contribution < -0.4 is 10.6 Å². The van der Waals surface area contributed by atoms with Gasteiger partial charge in [-0.1, -0.05) is 41.9 Å². The smallest absolute Gasteiger partial charge is 0.325 e. The molecule has 30 heavy (non-hydrogen) atoms. The third-order valence-electron chi connectivity index (χ3n) is 5.25. The molecule has 0 spiro atoms. The van der Waals surface area contributed by atoms with Crippen molar-refractivity contribution in [1.82, 2.24) is 15.5 Å². The van der Waals surface area contributed by atoms with Crippen LogP contribution in [0.5, 0.6) is 0 Å². The molecule has 2 heterocycles. The van der Waals surface area contributed by atoms with Crippen molar-refractivity contribution >= 4 is 40.4 Å². The van der Waals surface area contributed by atoms with Gasteiger partial charge in [0.15, 0.2) is 0 Å². The number of rotatable bonds is 5. The van der Waals surface area contributed by atoms with E-state index < -0.39 is 36.0 Å². The highest BCUT2D eigenvalue weighted by atomic mass is 35.5. The Balaban J connectivity index is 1.45. The van der Waals surface area contributed by atoms with Crippen LogP contribution >= 0.6 is 11.6 Å². The number of carbonyl (C=O) groups is 3. The van der Waals surface area contributed by atoms with Gasteiger partial charge in [-0.3, -0.25) is 14.5 Å². The van der Waals surface area contributed by atoms with Crippen molar-refractivity contribution in [2.24, 2.45) is 0 Å². The molecule has 1 fully saturated rings. The molecule has 0 saturated carbocycles. The fourth-order valence-electron chi connectivity index (χ4n) is 3.54. The molecular formula is C22H20ClN3O4. The van der Waals surface area contributed by atoms with Gasteiger partial charge in [-0.05, 0) is 43.7 Å². The average molecular weight is 426 g/mol. The van der Waals surface area contributed by atoms with Gasteiger partial charge in [0, 0.05) is 10.4 Å². The van der Waals surface area contributed by atoms with Gasteiger partial charge in [0.1, 0.15) is 23.4 Å². The summed E-state index contributed by atoms with van der Waals surface area (Å²) < 4.78 is 5.76. The zero-order valence-corrected chi connectivity index (χ0v) is 17.2. The summed E-state index contributed by atoms with van der Waals surface area (Å²) in [5.41, 5.74) is 0.0528. The lowest BCUT2D eigenvalue weighted by atomic mass is 9.92. The van der Waals surface area contributed by atoms with Gasteiger partial charge in [-0.25, -0.2) is 4.79 Å². The number of nitrogens with one attached hydrogen (secondary N) is 2. The minimum atomic E-state index is -1.26. The first kappa shape index (κ1) is 20.0. The van der Waals surface area contributed by atoms with Crippen molar-refractivity contribution < 1.29 is 18.8 Å². The van der Waals surface area contributed by atoms with E-state index in [4.69, 9.17) is 16.0 Å². The van der Waals surface area contributed by atoms with E-state index in [2.05, 4.69) is 10.6 Å². The molecule has 154 valence electrons. The van der Waals surface area contributed by atoms with E-state index in [0.29, 0.717) is 16.3 Å². The number of amides is 4. The SMILES string of the molecule is C[C@@H](NC(=O)CN1C(=O)N[C@@](C)(c2ccc(Cl)cc2)C1=O)c1cc2ccccc2o1. The van der Waals surface area contributed by atoms with Gasteiger partial charge in [0.2, 0.25) is 5.91 Å².